The van der Waals surface area contributed by atoms with Gasteiger partial charge in [-0.1, -0.05) is 6.92 Å². The third-order valence-electron chi connectivity index (χ3n) is 12.3. The van der Waals surface area contributed by atoms with Gasteiger partial charge in [-0.25, -0.2) is 14.4 Å². The van der Waals surface area contributed by atoms with E-state index in [2.05, 4.69) is 4.98 Å². The van der Waals surface area contributed by atoms with Gasteiger partial charge < -0.3 is 57.3 Å². The molecule has 21 heteroatoms. The molecule has 62 heavy (non-hydrogen) atoms. The molecule has 1 spiro atoms. The van der Waals surface area contributed by atoms with Gasteiger partial charge in [-0.05, 0) is 44.5 Å². The van der Waals surface area contributed by atoms with Crippen LogP contribution >= 0.6 is 0 Å². The molecular formula is C41H47NO20. The topological polar surface area (TPSA) is 286 Å². The van der Waals surface area contributed by atoms with Gasteiger partial charge in [0.15, 0.2) is 35.6 Å². The second-order valence-electron chi connectivity index (χ2n) is 16.4. The highest BCUT2D eigenvalue weighted by Gasteiger charge is 2.92. The van der Waals surface area contributed by atoms with Gasteiger partial charge in [0.05, 0.1) is 17.7 Å². The number of esters is 8. The van der Waals surface area contributed by atoms with Crippen LogP contribution in [0.4, 0.5) is 0 Å². The van der Waals surface area contributed by atoms with Gasteiger partial charge in [0.1, 0.15) is 42.0 Å². The number of hydrogen-bond acceptors (Lipinski definition) is 21. The summed E-state index contributed by atoms with van der Waals surface area (Å²) >= 11 is 0. The van der Waals surface area contributed by atoms with Gasteiger partial charge in [0, 0.05) is 52.9 Å². The molecule has 2 aromatic heterocycles. The van der Waals surface area contributed by atoms with Crippen LogP contribution in [0.2, 0.25) is 0 Å². The SMILES string of the molecule is CC(=O)OC[C@]12[C@H](OC(C)=O)[C@H](OC(C)=O)[C@@H]3[C@@H](OC(C)=O)[C@@]14O[C@@]3(C)COC(=O)c1cnccc1[C@H](C)[C@](C)(O)C(=O)O[C@@H]([C@H](OC(=O)c1ccco1)[C@@H]2OC(C)=O)[C@]4(C)O. The lowest BCUT2D eigenvalue weighted by atomic mass is 9.45. The van der Waals surface area contributed by atoms with Crippen molar-refractivity contribution in [3.8, 4) is 0 Å². The Morgan fingerprint density at radius 3 is 1.97 bits per heavy atom. The van der Waals surface area contributed by atoms with Crippen LogP contribution in [-0.2, 0) is 71.4 Å². The summed E-state index contributed by atoms with van der Waals surface area (Å²) in [5.41, 5.74) is -13.6. The van der Waals surface area contributed by atoms with Crippen molar-refractivity contribution in [2.45, 2.75) is 127 Å². The summed E-state index contributed by atoms with van der Waals surface area (Å²) in [5.74, 6) is -12.7. The van der Waals surface area contributed by atoms with E-state index in [1.165, 1.54) is 38.2 Å². The van der Waals surface area contributed by atoms with E-state index in [1.54, 1.807) is 0 Å². The van der Waals surface area contributed by atoms with Gasteiger partial charge in [0.2, 0.25) is 5.76 Å². The van der Waals surface area contributed by atoms with Crippen LogP contribution in [0.25, 0.3) is 0 Å². The van der Waals surface area contributed by atoms with Crippen molar-refractivity contribution >= 4 is 47.8 Å². The van der Waals surface area contributed by atoms with Crippen molar-refractivity contribution in [1.29, 1.82) is 0 Å². The van der Waals surface area contributed by atoms with Crippen LogP contribution in [0.1, 0.15) is 94.7 Å². The number of aromatic nitrogens is 1. The van der Waals surface area contributed by atoms with Crippen LogP contribution in [0.3, 0.4) is 0 Å². The molecule has 0 radical (unpaired) electrons. The predicted molar refractivity (Wildman–Crippen MR) is 199 cm³/mol. The van der Waals surface area contributed by atoms with E-state index in [1.807, 2.05) is 0 Å². The van der Waals surface area contributed by atoms with Crippen molar-refractivity contribution in [2.75, 3.05) is 13.2 Å². The Hall–Kier alpha value is -5.93. The number of hydrogen-bond donors (Lipinski definition) is 2. The van der Waals surface area contributed by atoms with Gasteiger partial charge in [0.25, 0.3) is 0 Å². The Kier molecular flexibility index (Phi) is 11.8. The fourth-order valence-corrected chi connectivity index (χ4v) is 9.68. The fourth-order valence-electron chi connectivity index (χ4n) is 9.68. The first-order valence-electron chi connectivity index (χ1n) is 19.4. The molecule has 4 heterocycles. The largest absolute Gasteiger partial charge is 0.465 e. The molecule has 2 N–H and O–H groups in total. The molecule has 6 rings (SSSR count). The molecule has 4 bridgehead atoms. The van der Waals surface area contributed by atoms with Crippen LogP contribution in [-0.4, -0.2) is 135 Å². The Labute approximate surface area is 353 Å². The monoisotopic (exact) mass is 873 g/mol. The number of furan rings is 1. The van der Waals surface area contributed by atoms with Crippen LogP contribution < -0.4 is 0 Å². The summed E-state index contributed by atoms with van der Waals surface area (Å²) in [7, 11) is 0. The van der Waals surface area contributed by atoms with E-state index < -0.39 is 143 Å². The van der Waals surface area contributed by atoms with E-state index in [9.17, 15) is 48.6 Å². The second kappa shape index (κ2) is 16.1. The first kappa shape index (κ1) is 45.6. The predicted octanol–water partition coefficient (Wildman–Crippen LogP) is 1.04. The maximum Gasteiger partial charge on any atom is 0.374 e. The van der Waals surface area contributed by atoms with Crippen molar-refractivity contribution in [2.24, 2.45) is 11.3 Å². The maximum atomic E-state index is 14.6. The van der Waals surface area contributed by atoms with Crippen molar-refractivity contribution in [3.05, 3.63) is 53.7 Å². The number of nitrogens with zero attached hydrogens (tertiary/aromatic N) is 1. The molecule has 13 atom stereocenters. The van der Waals surface area contributed by atoms with Crippen molar-refractivity contribution in [1.82, 2.24) is 4.98 Å². The lowest BCUT2D eigenvalue weighted by Crippen LogP contribution is -2.89. The molecular weight excluding hydrogens is 826 g/mol. The highest BCUT2D eigenvalue weighted by molar-refractivity contribution is 5.92. The molecule has 0 unspecified atom stereocenters. The zero-order chi connectivity index (χ0) is 45.9. The molecule has 336 valence electrons. The first-order chi connectivity index (χ1) is 28.9. The Bertz CT molecular complexity index is 2170. The standard InChI is InChI=1S/C41H47NO20/c1-18-24-12-13-42-15-25(24)34(48)55-16-37(7)27-28(56-20(3)44)32(58-22(5)46)40(17-54-19(2)43)33(59-23(6)47)29(60-35(49)26-11-10-14-53-26)31(61-36(50)38(18,8)51)39(9,52)41(40,62-37)30(27)57-21(4)45/h10-15,18,27-33,51-52H,16-17H2,1-9H3/t18-,27+,28+,29-,30+,31-,32+,33-,37-,38-,39-,40+,41-/m0/s1. The minimum absolute atomic E-state index is 0.0385. The average Bonchev–Trinajstić information content (AvgIpc) is 3.79. The smallest absolute Gasteiger partial charge is 0.374 e. The highest BCUT2D eigenvalue weighted by Crippen LogP contribution is 2.70. The first-order valence-corrected chi connectivity index (χ1v) is 19.4. The molecule has 21 nitrogen and oxygen atoms in total. The lowest BCUT2D eigenvalue weighted by molar-refractivity contribution is -0.386. The molecule has 0 aromatic carbocycles. The number of ether oxygens (including phenoxy) is 9. The van der Waals surface area contributed by atoms with Gasteiger partial charge in [-0.3, -0.25) is 29.0 Å². The number of cyclic esters (lactones) is 1. The van der Waals surface area contributed by atoms with Gasteiger partial charge in [-0.2, -0.15) is 0 Å². The fraction of sp³-hybridized carbons (Fsp3) is 0.585. The normalized spacial score (nSPS) is 37.3. The number of aliphatic hydroxyl groups is 2. The third-order valence-corrected chi connectivity index (χ3v) is 12.3. The summed E-state index contributed by atoms with van der Waals surface area (Å²) in [4.78, 5) is 113. The van der Waals surface area contributed by atoms with E-state index in [-0.39, 0.29) is 11.1 Å². The van der Waals surface area contributed by atoms with Gasteiger partial charge >= 0.3 is 47.8 Å². The molecule has 2 aromatic rings. The Morgan fingerprint density at radius 1 is 0.806 bits per heavy atom. The van der Waals surface area contributed by atoms with Crippen LogP contribution in [0.15, 0.2) is 41.3 Å². The molecule has 3 fully saturated rings. The van der Waals surface area contributed by atoms with E-state index >= 15 is 0 Å². The van der Waals surface area contributed by atoms with Gasteiger partial charge in [-0.15, -0.1) is 0 Å². The zero-order valence-electron chi connectivity index (χ0n) is 35.2. The molecule has 1 saturated heterocycles. The summed E-state index contributed by atoms with van der Waals surface area (Å²) in [6.07, 6.45) is -9.42. The molecule has 2 saturated carbocycles. The second-order valence-corrected chi connectivity index (χ2v) is 16.4. The zero-order valence-corrected chi connectivity index (χ0v) is 35.2. The summed E-state index contributed by atoms with van der Waals surface area (Å²) in [6, 6.07) is 3.85. The quantitative estimate of drug-likeness (QED) is 0.277. The van der Waals surface area contributed by atoms with E-state index in [4.69, 9.17) is 47.0 Å². The van der Waals surface area contributed by atoms with Crippen molar-refractivity contribution < 1.29 is 95.6 Å². The number of fused-ring (bicyclic) bond motifs is 5. The minimum atomic E-state index is -3.02. The molecule has 2 aliphatic heterocycles. The minimum Gasteiger partial charge on any atom is -0.465 e. The van der Waals surface area contributed by atoms with E-state index in [0.717, 1.165) is 60.9 Å². The number of rotatable bonds is 8. The Balaban J connectivity index is 1.81. The average molecular weight is 874 g/mol. The summed E-state index contributed by atoms with van der Waals surface area (Å²) in [5, 5.41) is 25.7. The summed E-state index contributed by atoms with van der Waals surface area (Å²) in [6.45, 7) is 7.54. The number of carbonyl (C=O) groups is 8. The summed E-state index contributed by atoms with van der Waals surface area (Å²) < 4.78 is 59.8. The van der Waals surface area contributed by atoms with Crippen LogP contribution in [0.5, 0.6) is 0 Å². The van der Waals surface area contributed by atoms with E-state index in [0.29, 0.717) is 0 Å². The maximum absolute atomic E-state index is 14.6. The van der Waals surface area contributed by atoms with Crippen molar-refractivity contribution in [3.63, 3.8) is 0 Å². The molecule has 0 amide bonds. The Morgan fingerprint density at radius 2 is 1.40 bits per heavy atom. The third kappa shape index (κ3) is 7.14. The molecule has 4 aliphatic rings. The number of carbonyl (C=O) groups excluding carboxylic acids is 8. The number of pyridine rings is 1. The van der Waals surface area contributed by atoms with Crippen LogP contribution in [0, 0.1) is 11.3 Å². The highest BCUT2D eigenvalue weighted by atomic mass is 16.7. The lowest BCUT2D eigenvalue weighted by Gasteiger charge is -2.67. The molecule has 2 aliphatic carbocycles.